The van der Waals surface area contributed by atoms with Crippen LogP contribution in [0.25, 0.3) is 11.1 Å². The molecular formula is C28H33FN6O3. The third-order valence-electron chi connectivity index (χ3n) is 6.67. The van der Waals surface area contributed by atoms with Crippen molar-refractivity contribution in [2.24, 2.45) is 5.92 Å². The normalized spacial score (nSPS) is 15.4. The molecule has 1 saturated heterocycles. The smallest absolute Gasteiger partial charge is 0.273 e. The van der Waals surface area contributed by atoms with E-state index in [0.29, 0.717) is 47.7 Å². The molecule has 3 heterocycles. The maximum absolute atomic E-state index is 15.6. The van der Waals surface area contributed by atoms with Gasteiger partial charge in [-0.1, -0.05) is 23.9 Å². The van der Waals surface area contributed by atoms with Crippen LogP contribution in [0.3, 0.4) is 0 Å². The van der Waals surface area contributed by atoms with E-state index in [9.17, 15) is 9.59 Å². The average Bonchev–Trinajstić information content (AvgIpc) is 3.58. The number of pyridine rings is 1. The van der Waals surface area contributed by atoms with E-state index in [-0.39, 0.29) is 35.5 Å². The third-order valence-corrected chi connectivity index (χ3v) is 6.67. The Morgan fingerprint density at radius 2 is 2.05 bits per heavy atom. The molecule has 1 unspecified atom stereocenters. The van der Waals surface area contributed by atoms with Crippen LogP contribution in [0, 0.1) is 18.7 Å². The van der Waals surface area contributed by atoms with Gasteiger partial charge in [0.05, 0.1) is 24.5 Å². The number of hydrogen-bond donors (Lipinski definition) is 1. The molecule has 1 fully saturated rings. The van der Waals surface area contributed by atoms with E-state index in [1.165, 1.54) is 6.08 Å². The summed E-state index contributed by atoms with van der Waals surface area (Å²) in [6.45, 7) is 12.9. The van der Waals surface area contributed by atoms with Gasteiger partial charge in [0.1, 0.15) is 11.6 Å². The summed E-state index contributed by atoms with van der Waals surface area (Å²) in [6.07, 6.45) is 6.91. The van der Waals surface area contributed by atoms with Crippen LogP contribution in [0.15, 0.2) is 49.4 Å². The number of ether oxygens (including phenoxy) is 1. The van der Waals surface area contributed by atoms with Crippen LogP contribution in [-0.2, 0) is 16.9 Å². The minimum atomic E-state index is -0.393. The Morgan fingerprint density at radius 3 is 2.76 bits per heavy atom. The Bertz CT molecular complexity index is 1350. The van der Waals surface area contributed by atoms with Crippen molar-refractivity contribution in [2.45, 2.75) is 46.2 Å². The van der Waals surface area contributed by atoms with Crippen molar-refractivity contribution in [3.63, 3.8) is 0 Å². The van der Waals surface area contributed by atoms with Gasteiger partial charge in [0.25, 0.3) is 5.91 Å². The number of likely N-dealkylation sites (tertiary alicyclic amines) is 1. The van der Waals surface area contributed by atoms with Gasteiger partial charge in [0, 0.05) is 42.9 Å². The van der Waals surface area contributed by atoms with E-state index in [1.807, 2.05) is 20.8 Å². The molecule has 4 rings (SSSR count). The lowest BCUT2D eigenvalue weighted by Crippen LogP contribution is -2.27. The van der Waals surface area contributed by atoms with Gasteiger partial charge in [-0.15, -0.1) is 5.10 Å². The van der Waals surface area contributed by atoms with E-state index in [0.717, 1.165) is 6.42 Å². The van der Waals surface area contributed by atoms with Crippen LogP contribution in [0.5, 0.6) is 5.75 Å². The van der Waals surface area contributed by atoms with Gasteiger partial charge in [0.15, 0.2) is 5.69 Å². The van der Waals surface area contributed by atoms with E-state index in [4.69, 9.17) is 4.74 Å². The molecule has 0 radical (unpaired) electrons. The fourth-order valence-corrected chi connectivity index (χ4v) is 4.31. The zero-order chi connectivity index (χ0) is 27.4. The molecule has 1 N–H and O–H groups in total. The molecule has 200 valence electrons. The Kier molecular flexibility index (Phi) is 7.89. The van der Waals surface area contributed by atoms with Gasteiger partial charge in [-0.2, -0.15) is 0 Å². The van der Waals surface area contributed by atoms with Crippen molar-refractivity contribution in [1.82, 2.24) is 30.2 Å². The van der Waals surface area contributed by atoms with E-state index in [2.05, 4.69) is 27.2 Å². The fourth-order valence-electron chi connectivity index (χ4n) is 4.31. The lowest BCUT2D eigenvalue weighted by molar-refractivity contribution is -0.125. The SMILES string of the molecule is C=CC(=O)N1CCC(COc2cnccc2-c2ccc(CNC(=O)c3cn(C(C)(C)C)nn3)c(C)c2F)C1. The Labute approximate surface area is 221 Å². The minimum Gasteiger partial charge on any atom is -0.491 e. The van der Waals surface area contributed by atoms with E-state index in [1.54, 1.807) is 53.3 Å². The predicted molar refractivity (Wildman–Crippen MR) is 141 cm³/mol. The van der Waals surface area contributed by atoms with Gasteiger partial charge < -0.3 is 15.0 Å². The summed E-state index contributed by atoms with van der Waals surface area (Å²) in [5, 5.41) is 10.8. The number of carbonyl (C=O) groups is 2. The molecule has 0 aliphatic carbocycles. The molecule has 2 aromatic heterocycles. The highest BCUT2D eigenvalue weighted by Crippen LogP contribution is 2.34. The Balaban J connectivity index is 1.44. The summed E-state index contributed by atoms with van der Waals surface area (Å²) in [4.78, 5) is 30.3. The second-order valence-corrected chi connectivity index (χ2v) is 10.4. The van der Waals surface area contributed by atoms with E-state index < -0.39 is 5.82 Å². The van der Waals surface area contributed by atoms with Crippen molar-refractivity contribution < 1.29 is 18.7 Å². The number of carbonyl (C=O) groups excluding carboxylic acids is 2. The van der Waals surface area contributed by atoms with Crippen LogP contribution in [0.1, 0.15) is 48.8 Å². The molecule has 0 bridgehead atoms. The monoisotopic (exact) mass is 520 g/mol. The zero-order valence-electron chi connectivity index (χ0n) is 22.2. The Morgan fingerprint density at radius 1 is 1.26 bits per heavy atom. The molecule has 0 spiro atoms. The van der Waals surface area contributed by atoms with Crippen molar-refractivity contribution >= 4 is 11.8 Å². The zero-order valence-corrected chi connectivity index (χ0v) is 22.2. The Hall–Kier alpha value is -4.08. The first-order chi connectivity index (χ1) is 18.1. The summed E-state index contributed by atoms with van der Waals surface area (Å²) >= 11 is 0. The maximum Gasteiger partial charge on any atom is 0.273 e. The topological polar surface area (TPSA) is 102 Å². The number of halogens is 1. The van der Waals surface area contributed by atoms with Crippen LogP contribution in [0.2, 0.25) is 0 Å². The summed E-state index contributed by atoms with van der Waals surface area (Å²) in [6, 6.07) is 5.19. The minimum absolute atomic E-state index is 0.0837. The number of aromatic nitrogens is 4. The number of nitrogens with zero attached hydrogens (tertiary/aromatic N) is 5. The van der Waals surface area contributed by atoms with Crippen LogP contribution in [-0.4, -0.2) is 56.4 Å². The van der Waals surface area contributed by atoms with Crippen molar-refractivity contribution in [1.29, 1.82) is 0 Å². The highest BCUT2D eigenvalue weighted by atomic mass is 19.1. The molecule has 1 aliphatic rings. The van der Waals surface area contributed by atoms with Crippen molar-refractivity contribution in [3.8, 4) is 16.9 Å². The quantitative estimate of drug-likeness (QED) is 0.452. The second kappa shape index (κ2) is 11.1. The molecule has 9 nitrogen and oxygen atoms in total. The number of rotatable bonds is 8. The molecule has 2 amide bonds. The van der Waals surface area contributed by atoms with Gasteiger partial charge in [0.2, 0.25) is 5.91 Å². The first-order valence-corrected chi connectivity index (χ1v) is 12.6. The summed E-state index contributed by atoms with van der Waals surface area (Å²) in [5.41, 5.74) is 1.96. The van der Waals surface area contributed by atoms with Gasteiger partial charge in [-0.3, -0.25) is 14.6 Å². The van der Waals surface area contributed by atoms with Gasteiger partial charge in [-0.25, -0.2) is 9.07 Å². The highest BCUT2D eigenvalue weighted by molar-refractivity contribution is 5.91. The molecule has 1 atom stereocenters. The third kappa shape index (κ3) is 5.90. The number of benzene rings is 1. The number of amides is 2. The highest BCUT2D eigenvalue weighted by Gasteiger charge is 2.26. The molecule has 3 aromatic rings. The fraction of sp³-hybridized carbons (Fsp3) is 0.393. The molecule has 38 heavy (non-hydrogen) atoms. The maximum atomic E-state index is 15.6. The summed E-state index contributed by atoms with van der Waals surface area (Å²) < 4.78 is 23.2. The molecular weight excluding hydrogens is 487 g/mol. The van der Waals surface area contributed by atoms with E-state index >= 15 is 4.39 Å². The molecule has 0 saturated carbocycles. The lowest BCUT2D eigenvalue weighted by atomic mass is 9.98. The van der Waals surface area contributed by atoms with Gasteiger partial charge in [-0.05, 0) is 57.4 Å². The van der Waals surface area contributed by atoms with Crippen LogP contribution >= 0.6 is 0 Å². The number of hydrogen-bond acceptors (Lipinski definition) is 6. The first-order valence-electron chi connectivity index (χ1n) is 12.6. The summed E-state index contributed by atoms with van der Waals surface area (Å²) in [7, 11) is 0. The molecule has 1 aliphatic heterocycles. The molecule has 10 heteroatoms. The van der Waals surface area contributed by atoms with Crippen molar-refractivity contribution in [3.05, 3.63) is 72.1 Å². The predicted octanol–water partition coefficient (Wildman–Crippen LogP) is 3.89. The first kappa shape index (κ1) is 27.0. The standard InChI is InChI=1S/C28H33FN6O3/c1-6-25(36)34-12-10-19(15-34)17-38-24-14-30-11-9-21(24)22-8-7-20(18(2)26(22)29)13-31-27(37)23-16-35(33-32-23)28(3,4)5/h6-9,11,14,16,19H,1,10,12-13,15,17H2,2-5H3,(H,31,37). The van der Waals surface area contributed by atoms with Crippen LogP contribution in [0.4, 0.5) is 4.39 Å². The molecule has 1 aromatic carbocycles. The second-order valence-electron chi connectivity index (χ2n) is 10.4. The van der Waals surface area contributed by atoms with Gasteiger partial charge >= 0.3 is 0 Å². The number of nitrogens with one attached hydrogen (secondary N) is 1. The van der Waals surface area contributed by atoms with Crippen LogP contribution < -0.4 is 10.1 Å². The largest absolute Gasteiger partial charge is 0.491 e. The summed E-state index contributed by atoms with van der Waals surface area (Å²) in [5.74, 6) is -0.207. The lowest BCUT2D eigenvalue weighted by Gasteiger charge is -2.17. The van der Waals surface area contributed by atoms with Crippen molar-refractivity contribution in [2.75, 3.05) is 19.7 Å². The average molecular weight is 521 g/mol.